The molecule has 84 valence electrons. The summed E-state index contributed by atoms with van der Waals surface area (Å²) in [7, 11) is 0. The first-order valence-electron chi connectivity index (χ1n) is 4.87. The number of halogens is 1. The second kappa shape index (κ2) is 5.78. The summed E-state index contributed by atoms with van der Waals surface area (Å²) in [6.45, 7) is 3.40. The molecule has 1 aromatic rings. The Hall–Kier alpha value is -1.00. The molecule has 1 aliphatic heterocycles. The van der Waals surface area contributed by atoms with Crippen LogP contribution in [0.5, 0.6) is 0 Å². The van der Waals surface area contributed by atoms with Gasteiger partial charge in [0, 0.05) is 26.2 Å². The molecule has 1 saturated heterocycles. The lowest BCUT2D eigenvalue weighted by Gasteiger charge is -2.27. The van der Waals surface area contributed by atoms with E-state index in [-0.39, 0.29) is 18.3 Å². The average Bonchev–Trinajstić information content (AvgIpc) is 2.72. The standard InChI is InChI=1S/C10H14N2O2.ClH/c13-10(8-9-2-1-7-14-9)12-5-3-11-4-6-12;/h1-2,7,11H,3-6,8H2;1H. The molecule has 1 aromatic heterocycles. The maximum Gasteiger partial charge on any atom is 0.230 e. The maximum atomic E-state index is 11.7. The van der Waals surface area contributed by atoms with Gasteiger partial charge in [-0.2, -0.15) is 0 Å². The molecule has 0 bridgehead atoms. The van der Waals surface area contributed by atoms with Crippen molar-refractivity contribution in [1.29, 1.82) is 0 Å². The molecule has 5 heteroatoms. The first kappa shape index (κ1) is 12.1. The van der Waals surface area contributed by atoms with Gasteiger partial charge in [-0.05, 0) is 12.1 Å². The number of carbonyl (C=O) groups is 1. The van der Waals surface area contributed by atoms with Gasteiger partial charge in [-0.15, -0.1) is 12.4 Å². The smallest absolute Gasteiger partial charge is 0.230 e. The lowest BCUT2D eigenvalue weighted by Crippen LogP contribution is -2.46. The minimum absolute atomic E-state index is 0. The van der Waals surface area contributed by atoms with E-state index in [2.05, 4.69) is 5.32 Å². The summed E-state index contributed by atoms with van der Waals surface area (Å²) in [4.78, 5) is 13.6. The molecule has 1 aliphatic rings. The summed E-state index contributed by atoms with van der Waals surface area (Å²) in [5.74, 6) is 0.898. The van der Waals surface area contributed by atoms with Gasteiger partial charge >= 0.3 is 0 Å². The predicted molar refractivity (Wildman–Crippen MR) is 59.1 cm³/mol. The van der Waals surface area contributed by atoms with Gasteiger partial charge < -0.3 is 14.6 Å². The molecule has 0 radical (unpaired) electrons. The van der Waals surface area contributed by atoms with Gasteiger partial charge in [0.1, 0.15) is 5.76 Å². The molecule has 1 N–H and O–H groups in total. The second-order valence-corrected chi connectivity index (χ2v) is 3.39. The highest BCUT2D eigenvalue weighted by Crippen LogP contribution is 2.04. The first-order valence-corrected chi connectivity index (χ1v) is 4.87. The fraction of sp³-hybridized carbons (Fsp3) is 0.500. The number of carbonyl (C=O) groups excluding carboxylic acids is 1. The topological polar surface area (TPSA) is 45.5 Å². The van der Waals surface area contributed by atoms with E-state index in [1.165, 1.54) is 0 Å². The monoisotopic (exact) mass is 230 g/mol. The Morgan fingerprint density at radius 1 is 1.47 bits per heavy atom. The number of piperazine rings is 1. The Bertz CT molecular complexity index is 294. The van der Waals surface area contributed by atoms with Crippen LogP contribution in [0, 0.1) is 0 Å². The van der Waals surface area contributed by atoms with Crippen LogP contribution in [0.2, 0.25) is 0 Å². The van der Waals surface area contributed by atoms with E-state index >= 15 is 0 Å². The van der Waals surface area contributed by atoms with Crippen LogP contribution in [-0.4, -0.2) is 37.0 Å². The van der Waals surface area contributed by atoms with Crippen LogP contribution in [0.4, 0.5) is 0 Å². The Kier molecular flexibility index (Phi) is 4.65. The number of furan rings is 1. The molecule has 1 amide bonds. The van der Waals surface area contributed by atoms with E-state index in [0.717, 1.165) is 31.9 Å². The third-order valence-corrected chi connectivity index (χ3v) is 2.38. The fourth-order valence-corrected chi connectivity index (χ4v) is 1.59. The summed E-state index contributed by atoms with van der Waals surface area (Å²) in [6, 6.07) is 3.64. The van der Waals surface area contributed by atoms with Crippen LogP contribution in [0.25, 0.3) is 0 Å². The normalized spacial score (nSPS) is 15.9. The molecular weight excluding hydrogens is 216 g/mol. The molecule has 15 heavy (non-hydrogen) atoms. The van der Waals surface area contributed by atoms with E-state index in [1.54, 1.807) is 12.3 Å². The van der Waals surface area contributed by atoms with E-state index in [9.17, 15) is 4.79 Å². The van der Waals surface area contributed by atoms with E-state index < -0.39 is 0 Å². The Morgan fingerprint density at radius 3 is 2.80 bits per heavy atom. The van der Waals surface area contributed by atoms with Crippen molar-refractivity contribution < 1.29 is 9.21 Å². The minimum Gasteiger partial charge on any atom is -0.469 e. The van der Waals surface area contributed by atoms with Crippen molar-refractivity contribution in [3.63, 3.8) is 0 Å². The zero-order valence-electron chi connectivity index (χ0n) is 8.44. The SMILES string of the molecule is Cl.O=C(Cc1ccco1)N1CCNCC1. The fourth-order valence-electron chi connectivity index (χ4n) is 1.59. The molecule has 4 nitrogen and oxygen atoms in total. The maximum absolute atomic E-state index is 11.7. The van der Waals surface area contributed by atoms with Gasteiger partial charge in [0.05, 0.1) is 12.7 Å². The quantitative estimate of drug-likeness (QED) is 0.813. The minimum atomic E-state index is 0. The highest BCUT2D eigenvalue weighted by Gasteiger charge is 2.16. The Balaban J connectivity index is 0.00000112. The average molecular weight is 231 g/mol. The van der Waals surface area contributed by atoms with Crippen LogP contribution < -0.4 is 5.32 Å². The van der Waals surface area contributed by atoms with Crippen molar-refractivity contribution in [3.05, 3.63) is 24.2 Å². The number of amides is 1. The largest absolute Gasteiger partial charge is 0.469 e. The van der Waals surface area contributed by atoms with Gasteiger partial charge in [-0.3, -0.25) is 4.79 Å². The predicted octanol–water partition coefficient (Wildman–Crippen LogP) is 0.676. The molecular formula is C10H15ClN2O2. The molecule has 0 saturated carbocycles. The molecule has 2 rings (SSSR count). The molecule has 0 spiro atoms. The molecule has 0 atom stereocenters. The number of hydrogen-bond donors (Lipinski definition) is 1. The molecule has 0 aromatic carbocycles. The summed E-state index contributed by atoms with van der Waals surface area (Å²) in [5, 5.41) is 3.21. The van der Waals surface area contributed by atoms with Gasteiger partial charge in [0.2, 0.25) is 5.91 Å². The Morgan fingerprint density at radius 2 is 2.20 bits per heavy atom. The van der Waals surface area contributed by atoms with Crippen molar-refractivity contribution in [2.45, 2.75) is 6.42 Å². The molecule has 1 fully saturated rings. The molecule has 0 aliphatic carbocycles. The molecule has 2 heterocycles. The lowest BCUT2D eigenvalue weighted by molar-refractivity contribution is -0.131. The third kappa shape index (κ3) is 3.25. The number of nitrogens with one attached hydrogen (secondary N) is 1. The van der Waals surface area contributed by atoms with Crippen LogP contribution in [-0.2, 0) is 11.2 Å². The zero-order valence-corrected chi connectivity index (χ0v) is 9.26. The number of nitrogens with zero attached hydrogens (tertiary/aromatic N) is 1. The summed E-state index contributed by atoms with van der Waals surface area (Å²) in [6.07, 6.45) is 1.98. The summed E-state index contributed by atoms with van der Waals surface area (Å²) in [5.41, 5.74) is 0. The van der Waals surface area contributed by atoms with E-state index in [4.69, 9.17) is 4.42 Å². The summed E-state index contributed by atoms with van der Waals surface area (Å²) >= 11 is 0. The second-order valence-electron chi connectivity index (χ2n) is 3.39. The van der Waals surface area contributed by atoms with Crippen molar-refractivity contribution in [2.75, 3.05) is 26.2 Å². The van der Waals surface area contributed by atoms with Gasteiger partial charge in [-0.1, -0.05) is 0 Å². The first-order chi connectivity index (χ1) is 6.86. The number of hydrogen-bond acceptors (Lipinski definition) is 3. The highest BCUT2D eigenvalue weighted by molar-refractivity contribution is 5.85. The lowest BCUT2D eigenvalue weighted by atomic mass is 10.2. The van der Waals surface area contributed by atoms with Crippen LogP contribution in [0.15, 0.2) is 22.8 Å². The third-order valence-electron chi connectivity index (χ3n) is 2.38. The zero-order chi connectivity index (χ0) is 9.80. The highest BCUT2D eigenvalue weighted by atomic mass is 35.5. The Labute approximate surface area is 95.0 Å². The van der Waals surface area contributed by atoms with Gasteiger partial charge in [0.25, 0.3) is 0 Å². The van der Waals surface area contributed by atoms with Crippen molar-refractivity contribution in [2.24, 2.45) is 0 Å². The van der Waals surface area contributed by atoms with E-state index in [0.29, 0.717) is 6.42 Å². The molecule has 0 unspecified atom stereocenters. The summed E-state index contributed by atoms with van der Waals surface area (Å²) < 4.78 is 5.13. The van der Waals surface area contributed by atoms with Crippen molar-refractivity contribution in [1.82, 2.24) is 10.2 Å². The van der Waals surface area contributed by atoms with Crippen LogP contribution >= 0.6 is 12.4 Å². The van der Waals surface area contributed by atoms with Gasteiger partial charge in [-0.25, -0.2) is 0 Å². The number of rotatable bonds is 2. The van der Waals surface area contributed by atoms with Crippen molar-refractivity contribution >= 4 is 18.3 Å². The van der Waals surface area contributed by atoms with Crippen LogP contribution in [0.3, 0.4) is 0 Å². The van der Waals surface area contributed by atoms with Gasteiger partial charge in [0.15, 0.2) is 0 Å². The van der Waals surface area contributed by atoms with E-state index in [1.807, 2.05) is 11.0 Å². The van der Waals surface area contributed by atoms with Crippen molar-refractivity contribution in [3.8, 4) is 0 Å². The van der Waals surface area contributed by atoms with Crippen LogP contribution in [0.1, 0.15) is 5.76 Å².